The molecule has 0 atom stereocenters. The van der Waals surface area contributed by atoms with E-state index in [1.807, 2.05) is 13.8 Å². The molecule has 2 aromatic carbocycles. The number of benzene rings is 2. The third-order valence-electron chi connectivity index (χ3n) is 3.04. The van der Waals surface area contributed by atoms with Crippen molar-refractivity contribution in [1.29, 1.82) is 0 Å². The lowest BCUT2D eigenvalue weighted by Crippen LogP contribution is -2.13. The average molecular weight is 273 g/mol. The molecule has 20 heavy (non-hydrogen) atoms. The molecule has 2 rings (SSSR count). The number of hydrogen-bond donors (Lipinski definition) is 1. The van der Waals surface area contributed by atoms with Crippen molar-refractivity contribution in [1.82, 2.24) is 0 Å². The molecule has 104 valence electrons. The van der Waals surface area contributed by atoms with Gasteiger partial charge in [0.2, 0.25) is 0 Å². The van der Waals surface area contributed by atoms with E-state index in [9.17, 15) is 9.18 Å². The third kappa shape index (κ3) is 2.96. The van der Waals surface area contributed by atoms with Crippen LogP contribution in [0, 0.1) is 19.7 Å². The fourth-order valence-electron chi connectivity index (χ4n) is 1.89. The van der Waals surface area contributed by atoms with Crippen LogP contribution in [0.1, 0.15) is 21.5 Å². The number of anilines is 1. The SMILES string of the molecule is COc1cc(C(=O)Nc2cc(C)ccc2F)ccc1C. The van der Waals surface area contributed by atoms with Crippen LogP contribution in [0.3, 0.4) is 0 Å². The molecule has 1 N–H and O–H groups in total. The highest BCUT2D eigenvalue weighted by molar-refractivity contribution is 6.04. The van der Waals surface area contributed by atoms with Gasteiger partial charge in [-0.25, -0.2) is 4.39 Å². The third-order valence-corrected chi connectivity index (χ3v) is 3.04. The van der Waals surface area contributed by atoms with Gasteiger partial charge >= 0.3 is 0 Å². The molecular formula is C16H16FNO2. The first-order chi connectivity index (χ1) is 9.51. The van der Waals surface area contributed by atoms with Gasteiger partial charge in [-0.2, -0.15) is 0 Å². The largest absolute Gasteiger partial charge is 0.496 e. The first-order valence-electron chi connectivity index (χ1n) is 6.23. The van der Waals surface area contributed by atoms with Crippen molar-refractivity contribution in [2.45, 2.75) is 13.8 Å². The zero-order valence-electron chi connectivity index (χ0n) is 11.7. The van der Waals surface area contributed by atoms with Gasteiger partial charge in [-0.05, 0) is 49.2 Å². The highest BCUT2D eigenvalue weighted by Crippen LogP contribution is 2.21. The lowest BCUT2D eigenvalue weighted by molar-refractivity contribution is 0.102. The Bertz CT molecular complexity index is 653. The second kappa shape index (κ2) is 5.74. The van der Waals surface area contributed by atoms with Gasteiger partial charge < -0.3 is 10.1 Å². The number of amides is 1. The van der Waals surface area contributed by atoms with E-state index in [0.29, 0.717) is 11.3 Å². The summed E-state index contributed by atoms with van der Waals surface area (Å²) in [4.78, 5) is 12.1. The molecule has 0 spiro atoms. The molecule has 0 unspecified atom stereocenters. The second-order valence-corrected chi connectivity index (χ2v) is 4.62. The summed E-state index contributed by atoms with van der Waals surface area (Å²) in [5.41, 5.74) is 2.41. The van der Waals surface area contributed by atoms with Crippen LogP contribution in [0.15, 0.2) is 36.4 Å². The normalized spacial score (nSPS) is 10.2. The van der Waals surface area contributed by atoms with Gasteiger partial charge in [0.15, 0.2) is 0 Å². The van der Waals surface area contributed by atoms with Crippen LogP contribution < -0.4 is 10.1 Å². The number of carbonyl (C=O) groups excluding carboxylic acids is 1. The van der Waals surface area contributed by atoms with Crippen LogP contribution in [-0.4, -0.2) is 13.0 Å². The summed E-state index contributed by atoms with van der Waals surface area (Å²) in [5.74, 6) is -0.196. The van der Waals surface area contributed by atoms with Crippen molar-refractivity contribution in [3.05, 3.63) is 58.9 Å². The lowest BCUT2D eigenvalue weighted by atomic mass is 10.1. The second-order valence-electron chi connectivity index (χ2n) is 4.62. The number of ether oxygens (including phenoxy) is 1. The Labute approximate surface area is 117 Å². The molecule has 0 aliphatic heterocycles. The molecule has 0 aromatic heterocycles. The van der Waals surface area contributed by atoms with Crippen LogP contribution >= 0.6 is 0 Å². The van der Waals surface area contributed by atoms with Crippen molar-refractivity contribution < 1.29 is 13.9 Å². The number of nitrogens with one attached hydrogen (secondary N) is 1. The maximum atomic E-state index is 13.6. The van der Waals surface area contributed by atoms with Gasteiger partial charge in [-0.15, -0.1) is 0 Å². The summed E-state index contributed by atoms with van der Waals surface area (Å²) in [6, 6.07) is 9.69. The van der Waals surface area contributed by atoms with Crippen molar-refractivity contribution >= 4 is 11.6 Å². The van der Waals surface area contributed by atoms with Gasteiger partial charge in [-0.3, -0.25) is 4.79 Å². The molecule has 2 aromatic rings. The van der Waals surface area contributed by atoms with Crippen molar-refractivity contribution in [2.75, 3.05) is 12.4 Å². The maximum Gasteiger partial charge on any atom is 0.255 e. The smallest absolute Gasteiger partial charge is 0.255 e. The standard InChI is InChI=1S/C16H16FNO2/c1-10-4-7-13(17)14(8-10)18-16(19)12-6-5-11(2)15(9-12)20-3/h4-9H,1-3H3,(H,18,19). The first-order valence-corrected chi connectivity index (χ1v) is 6.23. The molecule has 4 heteroatoms. The molecule has 0 aliphatic carbocycles. The number of methoxy groups -OCH3 is 1. The van der Waals surface area contributed by atoms with Crippen molar-refractivity contribution in [3.63, 3.8) is 0 Å². The summed E-state index contributed by atoms with van der Waals surface area (Å²) in [7, 11) is 1.55. The molecule has 0 bridgehead atoms. The van der Waals surface area contributed by atoms with E-state index in [1.54, 1.807) is 37.4 Å². The highest BCUT2D eigenvalue weighted by atomic mass is 19.1. The Morgan fingerprint density at radius 3 is 2.60 bits per heavy atom. The maximum absolute atomic E-state index is 13.6. The van der Waals surface area contributed by atoms with E-state index in [4.69, 9.17) is 4.74 Å². The zero-order chi connectivity index (χ0) is 14.7. The van der Waals surface area contributed by atoms with Crippen LogP contribution in [-0.2, 0) is 0 Å². The number of carbonyl (C=O) groups is 1. The van der Waals surface area contributed by atoms with Crippen LogP contribution in [0.5, 0.6) is 5.75 Å². The van der Waals surface area contributed by atoms with Crippen LogP contribution in [0.4, 0.5) is 10.1 Å². The minimum Gasteiger partial charge on any atom is -0.496 e. The Morgan fingerprint density at radius 1 is 1.15 bits per heavy atom. The summed E-state index contributed by atoms with van der Waals surface area (Å²) in [6.07, 6.45) is 0. The fraction of sp³-hybridized carbons (Fsp3) is 0.188. The molecular weight excluding hydrogens is 257 g/mol. The van der Waals surface area contributed by atoms with Gasteiger partial charge in [0, 0.05) is 5.56 Å². The van der Waals surface area contributed by atoms with E-state index in [0.717, 1.165) is 11.1 Å². The summed E-state index contributed by atoms with van der Waals surface area (Å²) < 4.78 is 18.8. The van der Waals surface area contributed by atoms with Crippen molar-refractivity contribution in [3.8, 4) is 5.75 Å². The van der Waals surface area contributed by atoms with Gasteiger partial charge in [-0.1, -0.05) is 12.1 Å². The first kappa shape index (κ1) is 14.1. The summed E-state index contributed by atoms with van der Waals surface area (Å²) in [6.45, 7) is 3.73. The minimum atomic E-state index is -0.456. The van der Waals surface area contributed by atoms with E-state index >= 15 is 0 Å². The summed E-state index contributed by atoms with van der Waals surface area (Å²) >= 11 is 0. The van der Waals surface area contributed by atoms with Crippen LogP contribution in [0.2, 0.25) is 0 Å². The lowest BCUT2D eigenvalue weighted by Gasteiger charge is -2.09. The molecule has 3 nitrogen and oxygen atoms in total. The minimum absolute atomic E-state index is 0.176. The highest BCUT2D eigenvalue weighted by Gasteiger charge is 2.11. The Hall–Kier alpha value is -2.36. The number of aryl methyl sites for hydroxylation is 2. The molecule has 0 saturated carbocycles. The predicted molar refractivity (Wildman–Crippen MR) is 76.8 cm³/mol. The molecule has 0 aliphatic rings. The van der Waals surface area contributed by atoms with E-state index in [-0.39, 0.29) is 11.6 Å². The van der Waals surface area contributed by atoms with E-state index < -0.39 is 5.82 Å². The van der Waals surface area contributed by atoms with Crippen LogP contribution in [0.25, 0.3) is 0 Å². The van der Waals surface area contributed by atoms with E-state index in [2.05, 4.69) is 5.32 Å². The topological polar surface area (TPSA) is 38.3 Å². The van der Waals surface area contributed by atoms with Crippen molar-refractivity contribution in [2.24, 2.45) is 0 Å². The van der Waals surface area contributed by atoms with Gasteiger partial charge in [0.1, 0.15) is 11.6 Å². The molecule has 0 radical (unpaired) electrons. The predicted octanol–water partition coefficient (Wildman–Crippen LogP) is 3.70. The van der Waals surface area contributed by atoms with Gasteiger partial charge in [0.25, 0.3) is 5.91 Å². The monoisotopic (exact) mass is 273 g/mol. The number of rotatable bonds is 3. The van der Waals surface area contributed by atoms with E-state index in [1.165, 1.54) is 6.07 Å². The Morgan fingerprint density at radius 2 is 1.90 bits per heavy atom. The molecule has 0 fully saturated rings. The zero-order valence-corrected chi connectivity index (χ0v) is 11.7. The Balaban J connectivity index is 2.26. The number of hydrogen-bond acceptors (Lipinski definition) is 2. The number of halogens is 1. The fourth-order valence-corrected chi connectivity index (χ4v) is 1.89. The molecule has 1 amide bonds. The molecule has 0 saturated heterocycles. The van der Waals surface area contributed by atoms with Gasteiger partial charge in [0.05, 0.1) is 12.8 Å². The quantitative estimate of drug-likeness (QED) is 0.926. The summed E-state index contributed by atoms with van der Waals surface area (Å²) in [5, 5.41) is 2.57. The average Bonchev–Trinajstić information content (AvgIpc) is 2.43. The molecule has 0 heterocycles. The Kier molecular flexibility index (Phi) is 4.03.